The van der Waals surface area contributed by atoms with E-state index in [1.807, 2.05) is 0 Å². The Morgan fingerprint density at radius 2 is 2.14 bits per heavy atom. The van der Waals surface area contributed by atoms with Crippen molar-refractivity contribution in [2.75, 3.05) is 17.2 Å². The molecule has 2 amide bonds. The van der Waals surface area contributed by atoms with E-state index in [-0.39, 0.29) is 18.3 Å². The summed E-state index contributed by atoms with van der Waals surface area (Å²) in [6.07, 6.45) is 0. The van der Waals surface area contributed by atoms with Gasteiger partial charge in [-0.25, -0.2) is 4.39 Å². The highest BCUT2D eigenvalue weighted by molar-refractivity contribution is 6.06. The average Bonchev–Trinajstić information content (AvgIpc) is 2.51. The molecule has 22 heavy (non-hydrogen) atoms. The molecule has 2 aromatic carbocycles. The van der Waals surface area contributed by atoms with Crippen molar-refractivity contribution in [1.29, 1.82) is 0 Å². The maximum Gasteiger partial charge on any atom is 0.262 e. The third-order valence-electron chi connectivity index (χ3n) is 3.39. The summed E-state index contributed by atoms with van der Waals surface area (Å²) in [5.41, 5.74) is 1.56. The minimum atomic E-state index is -0.392. The maximum atomic E-state index is 13.5. The molecule has 0 saturated carbocycles. The Bertz CT molecular complexity index is 774. The lowest BCUT2D eigenvalue weighted by Gasteiger charge is -2.18. The van der Waals surface area contributed by atoms with Gasteiger partial charge in [-0.15, -0.1) is 0 Å². The van der Waals surface area contributed by atoms with E-state index in [2.05, 4.69) is 10.6 Å². The van der Waals surface area contributed by atoms with Gasteiger partial charge in [0.2, 0.25) is 0 Å². The molecule has 1 heterocycles. The molecule has 112 valence electrons. The lowest BCUT2D eigenvalue weighted by molar-refractivity contribution is -0.118. The first-order valence-electron chi connectivity index (χ1n) is 6.68. The van der Waals surface area contributed by atoms with Crippen molar-refractivity contribution in [1.82, 2.24) is 0 Å². The van der Waals surface area contributed by atoms with Crippen molar-refractivity contribution < 1.29 is 18.7 Å². The zero-order valence-electron chi connectivity index (χ0n) is 11.8. The van der Waals surface area contributed by atoms with Crippen LogP contribution in [0.4, 0.5) is 15.8 Å². The fraction of sp³-hybridized carbons (Fsp3) is 0.125. The number of ether oxygens (including phenoxy) is 1. The van der Waals surface area contributed by atoms with Gasteiger partial charge in [-0.05, 0) is 37.3 Å². The summed E-state index contributed by atoms with van der Waals surface area (Å²) >= 11 is 0. The predicted molar refractivity (Wildman–Crippen MR) is 79.7 cm³/mol. The third-order valence-corrected chi connectivity index (χ3v) is 3.39. The Hall–Kier alpha value is -2.89. The number of anilines is 2. The second-order valence-corrected chi connectivity index (χ2v) is 4.91. The van der Waals surface area contributed by atoms with Gasteiger partial charge in [-0.2, -0.15) is 0 Å². The van der Waals surface area contributed by atoms with Crippen molar-refractivity contribution in [3.63, 3.8) is 0 Å². The van der Waals surface area contributed by atoms with Crippen LogP contribution >= 0.6 is 0 Å². The second-order valence-electron chi connectivity index (χ2n) is 4.91. The molecule has 0 aromatic heterocycles. The number of carbonyl (C=O) groups is 2. The molecule has 1 aliphatic rings. The SMILES string of the molecule is Cc1c(F)cccc1NC(=O)c1ccc2c(c1)NC(=O)CO2. The van der Waals surface area contributed by atoms with Gasteiger partial charge in [-0.1, -0.05) is 6.07 Å². The number of carbonyl (C=O) groups excluding carboxylic acids is 2. The molecule has 0 bridgehead atoms. The normalized spacial score (nSPS) is 12.9. The smallest absolute Gasteiger partial charge is 0.262 e. The van der Waals surface area contributed by atoms with Crippen molar-refractivity contribution in [3.05, 3.63) is 53.3 Å². The monoisotopic (exact) mass is 300 g/mol. The molecule has 0 spiro atoms. The van der Waals surface area contributed by atoms with Crippen LogP contribution in [0.15, 0.2) is 36.4 Å². The Morgan fingerprint density at radius 3 is 2.95 bits per heavy atom. The third kappa shape index (κ3) is 2.63. The van der Waals surface area contributed by atoms with Crippen LogP contribution in [-0.4, -0.2) is 18.4 Å². The largest absolute Gasteiger partial charge is 0.482 e. The second kappa shape index (κ2) is 5.48. The molecule has 2 N–H and O–H groups in total. The van der Waals surface area contributed by atoms with Gasteiger partial charge in [0.15, 0.2) is 6.61 Å². The standard InChI is InChI=1S/C16H13FN2O3/c1-9-11(17)3-2-4-12(9)19-16(21)10-5-6-14-13(7-10)18-15(20)8-22-14/h2-7H,8H2,1H3,(H,18,20)(H,19,21). The number of halogens is 1. The highest BCUT2D eigenvalue weighted by atomic mass is 19.1. The first kappa shape index (κ1) is 14.1. The van der Waals surface area contributed by atoms with Crippen LogP contribution in [0.5, 0.6) is 5.75 Å². The van der Waals surface area contributed by atoms with E-state index in [4.69, 9.17) is 4.74 Å². The summed E-state index contributed by atoms with van der Waals surface area (Å²) in [4.78, 5) is 23.6. The van der Waals surface area contributed by atoms with E-state index >= 15 is 0 Å². The van der Waals surface area contributed by atoms with E-state index in [0.717, 1.165) is 0 Å². The molecule has 1 aliphatic heterocycles. The Labute approximate surface area is 126 Å². The molecule has 0 saturated heterocycles. The lowest BCUT2D eigenvalue weighted by Crippen LogP contribution is -2.25. The molecule has 5 nitrogen and oxygen atoms in total. The van der Waals surface area contributed by atoms with Crippen LogP contribution in [-0.2, 0) is 4.79 Å². The molecular formula is C16H13FN2O3. The Morgan fingerprint density at radius 1 is 1.32 bits per heavy atom. The fourth-order valence-corrected chi connectivity index (χ4v) is 2.16. The van der Waals surface area contributed by atoms with Gasteiger partial charge >= 0.3 is 0 Å². The highest BCUT2D eigenvalue weighted by Crippen LogP contribution is 2.29. The minimum Gasteiger partial charge on any atom is -0.482 e. The zero-order valence-corrected chi connectivity index (χ0v) is 11.8. The van der Waals surface area contributed by atoms with Crippen LogP contribution < -0.4 is 15.4 Å². The molecule has 0 radical (unpaired) electrons. The topological polar surface area (TPSA) is 67.4 Å². The maximum absolute atomic E-state index is 13.5. The number of rotatable bonds is 2. The summed E-state index contributed by atoms with van der Waals surface area (Å²) in [6, 6.07) is 9.20. The van der Waals surface area contributed by atoms with Gasteiger partial charge in [-0.3, -0.25) is 9.59 Å². The van der Waals surface area contributed by atoms with Crippen molar-refractivity contribution in [2.45, 2.75) is 6.92 Å². The molecule has 0 unspecified atom stereocenters. The molecule has 0 fully saturated rings. The van der Waals surface area contributed by atoms with Gasteiger partial charge in [0.25, 0.3) is 11.8 Å². The molecule has 6 heteroatoms. The van der Waals surface area contributed by atoms with E-state index in [9.17, 15) is 14.0 Å². The number of hydrogen-bond donors (Lipinski definition) is 2. The van der Waals surface area contributed by atoms with Crippen LogP contribution in [0.2, 0.25) is 0 Å². The first-order valence-corrected chi connectivity index (χ1v) is 6.68. The van der Waals surface area contributed by atoms with Gasteiger partial charge in [0.1, 0.15) is 11.6 Å². The summed E-state index contributed by atoms with van der Waals surface area (Å²) in [7, 11) is 0. The number of fused-ring (bicyclic) bond motifs is 1. The minimum absolute atomic E-state index is 0.0406. The molecule has 0 atom stereocenters. The average molecular weight is 300 g/mol. The van der Waals surface area contributed by atoms with Crippen LogP contribution in [0.25, 0.3) is 0 Å². The molecule has 0 aliphatic carbocycles. The van der Waals surface area contributed by atoms with Crippen LogP contribution in [0.3, 0.4) is 0 Å². The predicted octanol–water partition coefficient (Wildman–Crippen LogP) is 2.72. The molecular weight excluding hydrogens is 287 g/mol. The number of nitrogens with one attached hydrogen (secondary N) is 2. The summed E-state index contributed by atoms with van der Waals surface area (Å²) in [6.45, 7) is 1.55. The molecule has 2 aromatic rings. The first-order chi connectivity index (χ1) is 10.5. The van der Waals surface area contributed by atoms with E-state index in [1.165, 1.54) is 18.2 Å². The summed E-state index contributed by atoms with van der Waals surface area (Å²) in [5.74, 6) is -0.538. The van der Waals surface area contributed by atoms with E-state index in [0.29, 0.717) is 28.3 Å². The number of amides is 2. The van der Waals surface area contributed by atoms with Gasteiger partial charge in [0.05, 0.1) is 5.69 Å². The number of benzene rings is 2. The quantitative estimate of drug-likeness (QED) is 0.896. The van der Waals surface area contributed by atoms with E-state index in [1.54, 1.807) is 25.1 Å². The lowest BCUT2D eigenvalue weighted by atomic mass is 10.1. The van der Waals surface area contributed by atoms with Crippen molar-refractivity contribution >= 4 is 23.2 Å². The van der Waals surface area contributed by atoms with Gasteiger partial charge < -0.3 is 15.4 Å². The fourth-order valence-electron chi connectivity index (χ4n) is 2.16. The Kier molecular flexibility index (Phi) is 3.50. The van der Waals surface area contributed by atoms with E-state index < -0.39 is 5.91 Å². The zero-order chi connectivity index (χ0) is 15.7. The van der Waals surface area contributed by atoms with Crippen LogP contribution in [0, 0.1) is 12.7 Å². The van der Waals surface area contributed by atoms with Crippen molar-refractivity contribution in [2.24, 2.45) is 0 Å². The number of hydrogen-bond acceptors (Lipinski definition) is 3. The highest BCUT2D eigenvalue weighted by Gasteiger charge is 2.18. The molecule has 3 rings (SSSR count). The summed E-state index contributed by atoms with van der Waals surface area (Å²) < 4.78 is 18.7. The van der Waals surface area contributed by atoms with Gasteiger partial charge in [0, 0.05) is 16.8 Å². The summed E-state index contributed by atoms with van der Waals surface area (Å²) in [5, 5.41) is 5.29. The van der Waals surface area contributed by atoms with Crippen molar-refractivity contribution in [3.8, 4) is 5.75 Å². The van der Waals surface area contributed by atoms with Crippen LogP contribution in [0.1, 0.15) is 15.9 Å². The Balaban J connectivity index is 1.85.